The van der Waals surface area contributed by atoms with E-state index in [0.717, 1.165) is 16.8 Å². The summed E-state index contributed by atoms with van der Waals surface area (Å²) in [7, 11) is 0. The minimum atomic E-state index is -4.56. The lowest BCUT2D eigenvalue weighted by Crippen LogP contribution is -2.20. The summed E-state index contributed by atoms with van der Waals surface area (Å²) in [5, 5.41) is 4.59. The average Bonchev–Trinajstić information content (AvgIpc) is 2.88. The number of para-hydroxylation sites is 1. The van der Waals surface area contributed by atoms with Gasteiger partial charge in [-0.15, -0.1) is 6.42 Å². The Labute approximate surface area is 218 Å². The Balaban J connectivity index is 1.88. The summed E-state index contributed by atoms with van der Waals surface area (Å²) in [4.78, 5) is 17.8. The van der Waals surface area contributed by atoms with Crippen LogP contribution in [0, 0.1) is 12.3 Å². The molecule has 10 heteroatoms. The van der Waals surface area contributed by atoms with Crippen LogP contribution in [0.2, 0.25) is 0 Å². The van der Waals surface area contributed by atoms with Crippen LogP contribution in [-0.2, 0) is 6.18 Å². The van der Waals surface area contributed by atoms with Crippen LogP contribution in [-0.4, -0.2) is 29.1 Å². The van der Waals surface area contributed by atoms with Crippen molar-refractivity contribution < 1.29 is 22.6 Å². The molecule has 3 aromatic carbocycles. The van der Waals surface area contributed by atoms with E-state index in [1.807, 2.05) is 6.92 Å². The number of alkyl halides is 3. The van der Waals surface area contributed by atoms with Crippen molar-refractivity contribution in [2.45, 2.75) is 13.1 Å². The number of nitrogens with zero attached hydrogens (tertiary/aromatic N) is 3. The largest absolute Gasteiger partial charge is 0.490 e. The molecule has 0 radical (unpaired) electrons. The monoisotopic (exact) mass is 569 g/mol. The first-order valence-electron chi connectivity index (χ1n) is 11.0. The Morgan fingerprint density at radius 1 is 1.11 bits per heavy atom. The zero-order valence-electron chi connectivity index (χ0n) is 19.4. The highest BCUT2D eigenvalue weighted by molar-refractivity contribution is 9.10. The summed E-state index contributed by atoms with van der Waals surface area (Å²) in [6, 6.07) is 14.4. The standard InChI is InChI=1S/C27H19BrF3N3O3/c1-3-12-37-24-15-21(28)18(14-23(24)36-4-2)16-32-34-25(17-8-7-9-19(13-17)27(29,30)31)33-22-11-6-5-10-20(22)26(34)35/h1,5-11,13-16H,4,12H2,2H3. The van der Waals surface area contributed by atoms with Crippen molar-refractivity contribution in [3.8, 4) is 35.2 Å². The maximum Gasteiger partial charge on any atom is 0.416 e. The van der Waals surface area contributed by atoms with Gasteiger partial charge in [0, 0.05) is 15.6 Å². The fourth-order valence-corrected chi connectivity index (χ4v) is 3.95. The van der Waals surface area contributed by atoms with Gasteiger partial charge in [-0.05, 0) is 59.3 Å². The molecule has 0 saturated carbocycles. The zero-order chi connectivity index (χ0) is 26.6. The first kappa shape index (κ1) is 26.0. The smallest absolute Gasteiger partial charge is 0.416 e. The van der Waals surface area contributed by atoms with E-state index in [-0.39, 0.29) is 23.4 Å². The molecule has 37 heavy (non-hydrogen) atoms. The van der Waals surface area contributed by atoms with Gasteiger partial charge in [0.1, 0.15) is 6.61 Å². The van der Waals surface area contributed by atoms with Crippen LogP contribution in [0.25, 0.3) is 22.3 Å². The van der Waals surface area contributed by atoms with E-state index in [2.05, 4.69) is 31.9 Å². The number of hydrogen-bond acceptors (Lipinski definition) is 5. The highest BCUT2D eigenvalue weighted by Gasteiger charge is 2.31. The van der Waals surface area contributed by atoms with Gasteiger partial charge in [0.05, 0.1) is 29.3 Å². The van der Waals surface area contributed by atoms with Crippen molar-refractivity contribution in [3.05, 3.63) is 86.6 Å². The molecular formula is C27H19BrF3N3O3. The Kier molecular flexibility index (Phi) is 7.64. The summed E-state index contributed by atoms with van der Waals surface area (Å²) in [5.41, 5.74) is -0.464. The number of halogens is 4. The summed E-state index contributed by atoms with van der Waals surface area (Å²) < 4.78 is 52.9. The molecule has 4 rings (SSSR count). The van der Waals surface area contributed by atoms with Gasteiger partial charge >= 0.3 is 6.18 Å². The summed E-state index contributed by atoms with van der Waals surface area (Å²) >= 11 is 3.44. The van der Waals surface area contributed by atoms with Crippen LogP contribution in [0.4, 0.5) is 13.2 Å². The quantitative estimate of drug-likeness (QED) is 0.198. The maximum atomic E-state index is 13.4. The fraction of sp³-hybridized carbons (Fsp3) is 0.148. The van der Waals surface area contributed by atoms with Gasteiger partial charge in [-0.25, -0.2) is 4.98 Å². The van der Waals surface area contributed by atoms with E-state index in [1.165, 1.54) is 18.3 Å². The molecular weight excluding hydrogens is 551 g/mol. The predicted molar refractivity (Wildman–Crippen MR) is 139 cm³/mol. The summed E-state index contributed by atoms with van der Waals surface area (Å²) in [6.07, 6.45) is 2.10. The third kappa shape index (κ3) is 5.67. The van der Waals surface area contributed by atoms with Crippen LogP contribution >= 0.6 is 15.9 Å². The molecule has 0 aliphatic carbocycles. The van der Waals surface area contributed by atoms with Gasteiger partial charge in [-0.3, -0.25) is 4.79 Å². The van der Waals surface area contributed by atoms with Crippen molar-refractivity contribution in [1.29, 1.82) is 0 Å². The van der Waals surface area contributed by atoms with Gasteiger partial charge < -0.3 is 9.47 Å². The zero-order valence-corrected chi connectivity index (χ0v) is 21.0. The van der Waals surface area contributed by atoms with E-state index in [1.54, 1.807) is 36.4 Å². The highest BCUT2D eigenvalue weighted by atomic mass is 79.9. The molecule has 0 N–H and O–H groups in total. The minimum Gasteiger partial charge on any atom is -0.490 e. The second-order valence-corrected chi connectivity index (χ2v) is 8.49. The second kappa shape index (κ2) is 10.9. The normalized spacial score (nSPS) is 11.6. The lowest BCUT2D eigenvalue weighted by atomic mass is 10.1. The molecule has 0 aliphatic rings. The number of hydrogen-bond donors (Lipinski definition) is 0. The van der Waals surface area contributed by atoms with Crippen molar-refractivity contribution in [2.24, 2.45) is 5.10 Å². The van der Waals surface area contributed by atoms with Crippen LogP contribution < -0.4 is 15.0 Å². The molecule has 0 fully saturated rings. The van der Waals surface area contributed by atoms with Crippen molar-refractivity contribution in [3.63, 3.8) is 0 Å². The average molecular weight is 570 g/mol. The molecule has 188 valence electrons. The second-order valence-electron chi connectivity index (χ2n) is 7.64. The number of benzene rings is 3. The van der Waals surface area contributed by atoms with E-state index < -0.39 is 17.3 Å². The van der Waals surface area contributed by atoms with Gasteiger partial charge in [-0.2, -0.15) is 22.9 Å². The highest BCUT2D eigenvalue weighted by Crippen LogP contribution is 2.34. The number of ether oxygens (including phenoxy) is 2. The lowest BCUT2D eigenvalue weighted by Gasteiger charge is -2.13. The first-order chi connectivity index (χ1) is 17.7. The molecule has 0 aliphatic heterocycles. The Morgan fingerprint density at radius 3 is 2.59 bits per heavy atom. The number of fused-ring (bicyclic) bond motifs is 1. The van der Waals surface area contributed by atoms with Crippen molar-refractivity contribution >= 4 is 33.0 Å². The summed E-state index contributed by atoms with van der Waals surface area (Å²) in [5.74, 6) is 3.17. The molecule has 0 spiro atoms. The third-order valence-electron chi connectivity index (χ3n) is 5.19. The number of rotatable bonds is 7. The third-order valence-corrected chi connectivity index (χ3v) is 5.87. The van der Waals surface area contributed by atoms with Crippen molar-refractivity contribution in [2.75, 3.05) is 13.2 Å². The van der Waals surface area contributed by atoms with Gasteiger partial charge in [-0.1, -0.05) is 30.2 Å². The van der Waals surface area contributed by atoms with Crippen LogP contribution in [0.5, 0.6) is 11.5 Å². The van der Waals surface area contributed by atoms with E-state index in [0.29, 0.717) is 33.7 Å². The molecule has 0 atom stereocenters. The van der Waals surface area contributed by atoms with Crippen molar-refractivity contribution in [1.82, 2.24) is 9.66 Å². The van der Waals surface area contributed by atoms with E-state index in [4.69, 9.17) is 15.9 Å². The first-order valence-corrected chi connectivity index (χ1v) is 11.8. The van der Waals surface area contributed by atoms with Crippen LogP contribution in [0.1, 0.15) is 18.1 Å². The van der Waals surface area contributed by atoms with Gasteiger partial charge in [0.15, 0.2) is 17.3 Å². The molecule has 4 aromatic rings. The Morgan fingerprint density at radius 2 is 1.86 bits per heavy atom. The number of aromatic nitrogens is 2. The molecule has 0 bridgehead atoms. The molecule has 1 aromatic heterocycles. The Bertz CT molecular complexity index is 1590. The minimum absolute atomic E-state index is 0.0401. The van der Waals surface area contributed by atoms with E-state index in [9.17, 15) is 18.0 Å². The van der Waals surface area contributed by atoms with Crippen LogP contribution in [0.3, 0.4) is 0 Å². The fourth-order valence-electron chi connectivity index (χ4n) is 3.52. The molecule has 0 unspecified atom stereocenters. The maximum absolute atomic E-state index is 13.4. The summed E-state index contributed by atoms with van der Waals surface area (Å²) in [6.45, 7) is 2.21. The molecule has 0 amide bonds. The topological polar surface area (TPSA) is 65.7 Å². The van der Waals surface area contributed by atoms with Gasteiger partial charge in [0.25, 0.3) is 5.56 Å². The SMILES string of the molecule is C#CCOc1cc(Br)c(C=Nn2c(-c3cccc(C(F)(F)F)c3)nc3ccccc3c2=O)cc1OCC. The lowest BCUT2D eigenvalue weighted by molar-refractivity contribution is -0.137. The van der Waals surface area contributed by atoms with E-state index >= 15 is 0 Å². The predicted octanol–water partition coefficient (Wildman–Crippen LogP) is 6.14. The van der Waals surface area contributed by atoms with Crippen LogP contribution in [0.15, 0.2) is 75.0 Å². The molecule has 1 heterocycles. The van der Waals surface area contributed by atoms with Gasteiger partial charge in [0.2, 0.25) is 0 Å². The molecule has 0 saturated heterocycles. The Hall–Kier alpha value is -4.10. The molecule has 6 nitrogen and oxygen atoms in total. The number of terminal acetylenes is 1.